The number of hydrogen-bond acceptors (Lipinski definition) is 6. The molecule has 0 aromatic heterocycles. The van der Waals surface area contributed by atoms with Gasteiger partial charge in [0.15, 0.2) is 0 Å². The minimum absolute atomic E-state index is 0.0886. The molecule has 0 bridgehead atoms. The van der Waals surface area contributed by atoms with Crippen LogP contribution in [-0.4, -0.2) is 75.6 Å². The number of quaternary nitrogens is 1. The van der Waals surface area contributed by atoms with Crippen molar-refractivity contribution >= 4 is 13.8 Å². The molecule has 0 amide bonds. The minimum Gasteiger partial charge on any atom is -0.457 e. The predicted molar refractivity (Wildman–Crippen MR) is 252 cm³/mol. The largest absolute Gasteiger partial charge is 0.472 e. The summed E-state index contributed by atoms with van der Waals surface area (Å²) in [7, 11) is 1.67. The highest BCUT2D eigenvalue weighted by Gasteiger charge is 2.26. The number of ether oxygens (including phenoxy) is 2. The van der Waals surface area contributed by atoms with Gasteiger partial charge in [-0.3, -0.25) is 13.8 Å². The zero-order valence-electron chi connectivity index (χ0n) is 39.8. The number of unbranched alkanes of at least 4 members (excludes halogenated alkanes) is 29. The molecule has 0 rings (SSSR count). The topological polar surface area (TPSA) is 91.3 Å². The molecule has 2 unspecified atom stereocenters. The molecule has 0 spiro atoms. The standard InChI is InChI=1S/C50H98NO7P/c1-6-8-10-12-14-16-18-20-22-24-25-26-27-28-29-31-33-35-37-39-41-43-50(52)58-49(48-57-59(53,54)56-46-44-51(3,4)5)47-55-45-42-40-38-36-34-32-30-23-21-19-17-15-13-11-9-7-2/h15,17,21,23,49H,6-14,16,18-20,22,24-48H2,1-5H3/p+1/b17-15-,23-21-. The second kappa shape index (κ2) is 43.6. The minimum atomic E-state index is -4.28. The Balaban J connectivity index is 4.13. The molecular weight excluding hydrogens is 758 g/mol. The van der Waals surface area contributed by atoms with Crippen LogP contribution in [0.1, 0.15) is 232 Å². The molecule has 0 radical (unpaired) electrons. The first kappa shape index (κ1) is 58.0. The molecule has 0 aliphatic heterocycles. The summed E-state index contributed by atoms with van der Waals surface area (Å²) < 4.78 is 35.1. The summed E-state index contributed by atoms with van der Waals surface area (Å²) in [5.74, 6) is -0.313. The smallest absolute Gasteiger partial charge is 0.457 e. The Morgan fingerprint density at radius 2 is 0.932 bits per heavy atom. The van der Waals surface area contributed by atoms with Crippen molar-refractivity contribution in [3.05, 3.63) is 24.3 Å². The monoisotopic (exact) mass is 857 g/mol. The summed E-state index contributed by atoms with van der Waals surface area (Å²) in [5.41, 5.74) is 0. The third-order valence-corrected chi connectivity index (χ3v) is 12.0. The Morgan fingerprint density at radius 1 is 0.525 bits per heavy atom. The van der Waals surface area contributed by atoms with Crippen molar-refractivity contribution in [3.8, 4) is 0 Å². The first-order chi connectivity index (χ1) is 28.6. The molecule has 0 saturated heterocycles. The lowest BCUT2D eigenvalue weighted by atomic mass is 10.0. The lowest BCUT2D eigenvalue weighted by Gasteiger charge is -2.24. The van der Waals surface area contributed by atoms with Gasteiger partial charge in [-0.25, -0.2) is 4.57 Å². The van der Waals surface area contributed by atoms with Crippen LogP contribution in [-0.2, 0) is 27.9 Å². The van der Waals surface area contributed by atoms with Crippen molar-refractivity contribution in [3.63, 3.8) is 0 Å². The first-order valence-corrected chi connectivity index (χ1v) is 26.6. The van der Waals surface area contributed by atoms with Crippen LogP contribution in [0.15, 0.2) is 24.3 Å². The van der Waals surface area contributed by atoms with Crippen molar-refractivity contribution in [1.82, 2.24) is 0 Å². The van der Waals surface area contributed by atoms with Gasteiger partial charge in [-0.05, 0) is 44.9 Å². The lowest BCUT2D eigenvalue weighted by molar-refractivity contribution is -0.870. The van der Waals surface area contributed by atoms with E-state index in [-0.39, 0.29) is 25.8 Å². The fourth-order valence-corrected chi connectivity index (χ4v) is 7.86. The Hall–Kier alpha value is -1.02. The van der Waals surface area contributed by atoms with Crippen molar-refractivity contribution in [2.45, 2.75) is 238 Å². The molecule has 1 N–H and O–H groups in total. The molecule has 0 aromatic rings. The summed E-state index contributed by atoms with van der Waals surface area (Å²) in [6, 6.07) is 0. The number of rotatable bonds is 47. The molecule has 0 heterocycles. The van der Waals surface area contributed by atoms with E-state index < -0.39 is 13.9 Å². The molecule has 0 aliphatic carbocycles. The highest BCUT2D eigenvalue weighted by atomic mass is 31.2. The molecule has 0 aliphatic rings. The van der Waals surface area contributed by atoms with Crippen LogP contribution in [0.5, 0.6) is 0 Å². The zero-order chi connectivity index (χ0) is 43.4. The number of nitrogens with zero attached hydrogens (tertiary/aromatic N) is 1. The highest BCUT2D eigenvalue weighted by Crippen LogP contribution is 2.43. The third kappa shape index (κ3) is 47.9. The van der Waals surface area contributed by atoms with Gasteiger partial charge in [0.2, 0.25) is 0 Å². The van der Waals surface area contributed by atoms with E-state index in [0.717, 1.165) is 44.9 Å². The van der Waals surface area contributed by atoms with E-state index in [1.54, 1.807) is 0 Å². The van der Waals surface area contributed by atoms with Gasteiger partial charge in [-0.1, -0.05) is 205 Å². The maximum Gasteiger partial charge on any atom is 0.472 e. The van der Waals surface area contributed by atoms with E-state index in [2.05, 4.69) is 38.2 Å². The van der Waals surface area contributed by atoms with Crippen molar-refractivity contribution < 1.29 is 37.3 Å². The number of phosphoric ester groups is 1. The van der Waals surface area contributed by atoms with Gasteiger partial charge in [-0.2, -0.15) is 0 Å². The van der Waals surface area contributed by atoms with Crippen molar-refractivity contribution in [2.75, 3.05) is 54.1 Å². The van der Waals surface area contributed by atoms with Crippen LogP contribution in [0, 0.1) is 0 Å². The van der Waals surface area contributed by atoms with E-state index in [1.165, 1.54) is 167 Å². The maximum absolute atomic E-state index is 12.7. The number of esters is 1. The van der Waals surface area contributed by atoms with Gasteiger partial charge >= 0.3 is 13.8 Å². The average molecular weight is 857 g/mol. The molecule has 59 heavy (non-hydrogen) atoms. The number of allylic oxidation sites excluding steroid dienone is 4. The van der Waals surface area contributed by atoms with Crippen LogP contribution in [0.2, 0.25) is 0 Å². The summed E-state index contributed by atoms with van der Waals surface area (Å²) in [6.07, 6.45) is 50.7. The first-order valence-electron chi connectivity index (χ1n) is 25.1. The molecule has 0 aromatic carbocycles. The normalized spacial score (nSPS) is 13.8. The van der Waals surface area contributed by atoms with E-state index in [0.29, 0.717) is 24.1 Å². The van der Waals surface area contributed by atoms with Crippen LogP contribution in [0.25, 0.3) is 0 Å². The van der Waals surface area contributed by atoms with Gasteiger partial charge in [0.1, 0.15) is 19.3 Å². The zero-order valence-corrected chi connectivity index (χ0v) is 40.6. The fraction of sp³-hybridized carbons (Fsp3) is 0.900. The van der Waals surface area contributed by atoms with Crippen LogP contribution in [0.3, 0.4) is 0 Å². The second-order valence-electron chi connectivity index (χ2n) is 18.2. The highest BCUT2D eigenvalue weighted by molar-refractivity contribution is 7.47. The number of carbonyl (C=O) groups is 1. The van der Waals surface area contributed by atoms with Crippen LogP contribution >= 0.6 is 7.82 Å². The van der Waals surface area contributed by atoms with Gasteiger partial charge in [-0.15, -0.1) is 0 Å². The number of hydrogen-bond donors (Lipinski definition) is 1. The molecule has 350 valence electrons. The Labute approximate surface area is 366 Å². The van der Waals surface area contributed by atoms with Crippen LogP contribution < -0.4 is 0 Å². The molecule has 8 nitrogen and oxygen atoms in total. The van der Waals surface area contributed by atoms with E-state index in [1.807, 2.05) is 21.1 Å². The number of likely N-dealkylation sites (N-methyl/N-ethyl adjacent to an activating group) is 1. The van der Waals surface area contributed by atoms with Crippen molar-refractivity contribution in [1.29, 1.82) is 0 Å². The molecule has 2 atom stereocenters. The van der Waals surface area contributed by atoms with E-state index in [9.17, 15) is 14.3 Å². The SMILES string of the molecule is CCCCC/C=C\C/C=C\CCCCCCCCOCC(COP(=O)(O)OCC[N+](C)(C)C)OC(=O)CCCCCCCCCCCCCCCCCCCCCCC. The van der Waals surface area contributed by atoms with Crippen molar-refractivity contribution in [2.24, 2.45) is 0 Å². The Bertz CT molecular complexity index is 998. The van der Waals surface area contributed by atoms with Gasteiger partial charge in [0.05, 0.1) is 34.4 Å². The Morgan fingerprint density at radius 3 is 1.41 bits per heavy atom. The number of phosphoric acid groups is 1. The average Bonchev–Trinajstić information content (AvgIpc) is 3.19. The molecular formula is C50H99NO7P+. The number of carbonyl (C=O) groups excluding carboxylic acids is 1. The summed E-state index contributed by atoms with van der Waals surface area (Å²) in [5, 5.41) is 0. The molecule has 0 saturated carbocycles. The molecule has 9 heteroatoms. The van der Waals surface area contributed by atoms with Gasteiger partial charge < -0.3 is 18.9 Å². The van der Waals surface area contributed by atoms with E-state index in [4.69, 9.17) is 18.5 Å². The summed E-state index contributed by atoms with van der Waals surface area (Å²) in [6.45, 7) is 5.62. The lowest BCUT2D eigenvalue weighted by Crippen LogP contribution is -2.37. The maximum atomic E-state index is 12.7. The van der Waals surface area contributed by atoms with Gasteiger partial charge in [0.25, 0.3) is 0 Å². The summed E-state index contributed by atoms with van der Waals surface area (Å²) in [4.78, 5) is 23.0. The third-order valence-electron chi connectivity index (χ3n) is 11.0. The second-order valence-corrected chi connectivity index (χ2v) is 19.7. The summed E-state index contributed by atoms with van der Waals surface area (Å²) >= 11 is 0. The fourth-order valence-electron chi connectivity index (χ4n) is 7.11. The van der Waals surface area contributed by atoms with Gasteiger partial charge in [0, 0.05) is 13.0 Å². The Kier molecular flexibility index (Phi) is 42.9. The quantitative estimate of drug-likeness (QED) is 0.0214. The molecule has 0 fully saturated rings. The predicted octanol–water partition coefficient (Wildman–Crippen LogP) is 15.2. The van der Waals surface area contributed by atoms with Crippen LogP contribution in [0.4, 0.5) is 0 Å². The van der Waals surface area contributed by atoms with E-state index >= 15 is 0 Å².